The van der Waals surface area contributed by atoms with E-state index in [1.54, 1.807) is 11.2 Å². The van der Waals surface area contributed by atoms with Gasteiger partial charge in [-0.1, -0.05) is 13.8 Å². The van der Waals surface area contributed by atoms with Gasteiger partial charge in [-0.25, -0.2) is 9.97 Å². The van der Waals surface area contributed by atoms with Crippen molar-refractivity contribution in [3.8, 4) is 0 Å². The first-order valence-corrected chi connectivity index (χ1v) is 7.37. The van der Waals surface area contributed by atoms with Crippen molar-refractivity contribution in [1.82, 2.24) is 9.97 Å². The van der Waals surface area contributed by atoms with Gasteiger partial charge in [-0.15, -0.1) is 23.1 Å². The first-order valence-electron chi connectivity index (χ1n) is 5.67. The number of thiophene rings is 1. The van der Waals surface area contributed by atoms with Crippen molar-refractivity contribution < 1.29 is 0 Å². The van der Waals surface area contributed by atoms with Crippen LogP contribution in [0.2, 0.25) is 0 Å². The molecule has 3 rings (SSSR count). The number of fused-ring (bicyclic) bond motifs is 3. The fraction of sp³-hybridized carbons (Fsp3) is 0.500. The fourth-order valence-corrected chi connectivity index (χ4v) is 4.40. The highest BCUT2D eigenvalue weighted by Gasteiger charge is 2.21. The van der Waals surface area contributed by atoms with Gasteiger partial charge in [-0.05, 0) is 24.8 Å². The number of thioether (sulfide) groups is 1. The van der Waals surface area contributed by atoms with Crippen molar-refractivity contribution in [2.75, 3.05) is 0 Å². The third-order valence-corrected chi connectivity index (χ3v) is 5.02. The Bertz CT molecular complexity index is 531. The van der Waals surface area contributed by atoms with E-state index >= 15 is 0 Å². The van der Waals surface area contributed by atoms with E-state index in [0.717, 1.165) is 0 Å². The Balaban J connectivity index is 2.20. The molecule has 0 amide bonds. The summed E-state index contributed by atoms with van der Waals surface area (Å²) in [5, 5.41) is 3.10. The Labute approximate surface area is 103 Å². The van der Waals surface area contributed by atoms with Gasteiger partial charge in [-0.2, -0.15) is 0 Å². The van der Waals surface area contributed by atoms with Gasteiger partial charge >= 0.3 is 0 Å². The van der Waals surface area contributed by atoms with Crippen LogP contribution in [0.25, 0.3) is 10.2 Å². The van der Waals surface area contributed by atoms with E-state index in [1.807, 2.05) is 23.1 Å². The molecule has 4 heteroatoms. The molecule has 2 nitrogen and oxygen atoms in total. The lowest BCUT2D eigenvalue weighted by molar-refractivity contribution is 0.915. The van der Waals surface area contributed by atoms with E-state index in [0.29, 0.717) is 5.25 Å². The standard InChI is InChI=1S/C12H14N2S2/c1-7(2)15-11-10-8-4-3-5-9(8)16-12(10)14-6-13-11/h6-7H,3-5H2,1-2H3. The Hall–Kier alpha value is -0.610. The van der Waals surface area contributed by atoms with Crippen LogP contribution in [0.1, 0.15) is 30.7 Å². The molecule has 0 atom stereocenters. The van der Waals surface area contributed by atoms with Crippen molar-refractivity contribution in [1.29, 1.82) is 0 Å². The minimum atomic E-state index is 0.579. The molecular weight excluding hydrogens is 236 g/mol. The zero-order valence-electron chi connectivity index (χ0n) is 9.49. The number of hydrogen-bond donors (Lipinski definition) is 0. The van der Waals surface area contributed by atoms with Crippen LogP contribution in [0.5, 0.6) is 0 Å². The minimum absolute atomic E-state index is 0.579. The average Bonchev–Trinajstić information content (AvgIpc) is 2.75. The van der Waals surface area contributed by atoms with Gasteiger partial charge in [0, 0.05) is 15.5 Å². The number of aryl methyl sites for hydroxylation is 2. The first kappa shape index (κ1) is 10.5. The van der Waals surface area contributed by atoms with E-state index < -0.39 is 0 Å². The maximum absolute atomic E-state index is 4.46. The third kappa shape index (κ3) is 1.64. The molecule has 0 saturated carbocycles. The van der Waals surface area contributed by atoms with Crippen molar-refractivity contribution in [3.05, 3.63) is 16.8 Å². The zero-order valence-corrected chi connectivity index (χ0v) is 11.1. The van der Waals surface area contributed by atoms with Crippen LogP contribution in [0.15, 0.2) is 11.4 Å². The Morgan fingerprint density at radius 2 is 2.19 bits per heavy atom. The quantitative estimate of drug-likeness (QED) is 0.600. The predicted molar refractivity (Wildman–Crippen MR) is 70.4 cm³/mol. The van der Waals surface area contributed by atoms with Gasteiger partial charge in [0.15, 0.2) is 0 Å². The molecule has 0 unspecified atom stereocenters. The lowest BCUT2D eigenvalue weighted by Crippen LogP contribution is -1.91. The normalized spacial score (nSPS) is 14.9. The molecule has 2 aromatic heterocycles. The molecule has 1 aliphatic carbocycles. The molecular formula is C12H14N2S2. The Morgan fingerprint density at radius 1 is 1.31 bits per heavy atom. The van der Waals surface area contributed by atoms with Crippen LogP contribution >= 0.6 is 23.1 Å². The molecule has 0 bridgehead atoms. The van der Waals surface area contributed by atoms with Gasteiger partial charge < -0.3 is 0 Å². The highest BCUT2D eigenvalue weighted by molar-refractivity contribution is 8.00. The SMILES string of the molecule is CC(C)Sc1ncnc2sc3c(c12)CCC3. The lowest BCUT2D eigenvalue weighted by atomic mass is 10.2. The maximum Gasteiger partial charge on any atom is 0.128 e. The molecule has 0 saturated heterocycles. The molecule has 16 heavy (non-hydrogen) atoms. The van der Waals surface area contributed by atoms with Crippen molar-refractivity contribution in [3.63, 3.8) is 0 Å². The highest BCUT2D eigenvalue weighted by Crippen LogP contribution is 2.40. The predicted octanol–water partition coefficient (Wildman–Crippen LogP) is 3.68. The molecule has 0 aromatic carbocycles. The molecule has 1 aliphatic rings. The number of nitrogens with zero attached hydrogens (tertiary/aromatic N) is 2. The van der Waals surface area contributed by atoms with E-state index in [1.165, 1.54) is 40.1 Å². The monoisotopic (exact) mass is 250 g/mol. The summed E-state index contributed by atoms with van der Waals surface area (Å²) >= 11 is 3.72. The smallest absolute Gasteiger partial charge is 0.128 e. The van der Waals surface area contributed by atoms with Gasteiger partial charge in [-0.3, -0.25) is 0 Å². The van der Waals surface area contributed by atoms with Crippen molar-refractivity contribution >= 4 is 33.3 Å². The Morgan fingerprint density at radius 3 is 3.00 bits per heavy atom. The van der Waals surface area contributed by atoms with E-state index in [2.05, 4.69) is 23.8 Å². The lowest BCUT2D eigenvalue weighted by Gasteiger charge is -2.05. The van der Waals surface area contributed by atoms with Gasteiger partial charge in [0.2, 0.25) is 0 Å². The average molecular weight is 250 g/mol. The second kappa shape index (κ2) is 4.00. The summed E-state index contributed by atoms with van der Waals surface area (Å²) in [4.78, 5) is 11.6. The van der Waals surface area contributed by atoms with Crippen LogP contribution in [0, 0.1) is 0 Å². The number of rotatable bonds is 2. The summed E-state index contributed by atoms with van der Waals surface area (Å²) in [7, 11) is 0. The number of aromatic nitrogens is 2. The van der Waals surface area contributed by atoms with E-state index in [-0.39, 0.29) is 0 Å². The molecule has 0 fully saturated rings. The second-order valence-electron chi connectivity index (χ2n) is 4.38. The maximum atomic E-state index is 4.46. The minimum Gasteiger partial charge on any atom is -0.229 e. The van der Waals surface area contributed by atoms with E-state index in [4.69, 9.17) is 0 Å². The molecule has 0 aliphatic heterocycles. The summed E-state index contributed by atoms with van der Waals surface area (Å²) in [6, 6.07) is 0. The zero-order chi connectivity index (χ0) is 11.1. The van der Waals surface area contributed by atoms with Crippen LogP contribution in [0.3, 0.4) is 0 Å². The summed E-state index contributed by atoms with van der Waals surface area (Å²) in [5.74, 6) is 0. The molecule has 2 aromatic rings. The highest BCUT2D eigenvalue weighted by atomic mass is 32.2. The number of hydrogen-bond acceptors (Lipinski definition) is 4. The van der Waals surface area contributed by atoms with Gasteiger partial charge in [0.05, 0.1) is 0 Å². The van der Waals surface area contributed by atoms with Gasteiger partial charge in [0.1, 0.15) is 16.2 Å². The summed E-state index contributed by atoms with van der Waals surface area (Å²) in [5.41, 5.74) is 1.53. The third-order valence-electron chi connectivity index (χ3n) is 2.81. The van der Waals surface area contributed by atoms with E-state index in [9.17, 15) is 0 Å². The van der Waals surface area contributed by atoms with Crippen LogP contribution in [-0.2, 0) is 12.8 Å². The van der Waals surface area contributed by atoms with Crippen LogP contribution in [-0.4, -0.2) is 15.2 Å². The topological polar surface area (TPSA) is 25.8 Å². The second-order valence-corrected chi connectivity index (χ2v) is 7.03. The van der Waals surface area contributed by atoms with Crippen LogP contribution in [0.4, 0.5) is 0 Å². The molecule has 2 heterocycles. The largest absolute Gasteiger partial charge is 0.229 e. The fourth-order valence-electron chi connectivity index (χ4n) is 2.21. The van der Waals surface area contributed by atoms with Gasteiger partial charge in [0.25, 0.3) is 0 Å². The summed E-state index contributed by atoms with van der Waals surface area (Å²) < 4.78 is 0. The summed E-state index contributed by atoms with van der Waals surface area (Å²) in [6.45, 7) is 4.43. The molecule has 0 spiro atoms. The molecule has 0 radical (unpaired) electrons. The molecule has 0 N–H and O–H groups in total. The van der Waals surface area contributed by atoms with Crippen LogP contribution < -0.4 is 0 Å². The summed E-state index contributed by atoms with van der Waals surface area (Å²) in [6.07, 6.45) is 5.47. The van der Waals surface area contributed by atoms with Crippen molar-refractivity contribution in [2.24, 2.45) is 0 Å². The first-order chi connectivity index (χ1) is 7.75. The Kier molecular flexibility index (Phi) is 2.64. The molecule has 84 valence electrons. The van der Waals surface area contributed by atoms with Crippen molar-refractivity contribution in [2.45, 2.75) is 43.4 Å².